The molecule has 1 saturated heterocycles. The monoisotopic (exact) mass is 491 g/mol. The van der Waals surface area contributed by atoms with Crippen molar-refractivity contribution in [2.45, 2.75) is 77.8 Å². The Labute approximate surface area is 206 Å². The van der Waals surface area contributed by atoms with Gasteiger partial charge in [-0.15, -0.1) is 0 Å². The average Bonchev–Trinajstić information content (AvgIpc) is 3.40. The summed E-state index contributed by atoms with van der Waals surface area (Å²) >= 11 is 1.16. The predicted octanol–water partition coefficient (Wildman–Crippen LogP) is 4.47. The fourth-order valence-corrected chi connectivity index (χ4v) is 4.75. The topological polar surface area (TPSA) is 88.2 Å². The first-order chi connectivity index (χ1) is 16.1. The summed E-state index contributed by atoms with van der Waals surface area (Å²) in [5.74, 6) is 0.713. The molecule has 0 bridgehead atoms. The van der Waals surface area contributed by atoms with Crippen LogP contribution in [0.15, 0.2) is 12.1 Å². The molecule has 0 aromatic heterocycles. The van der Waals surface area contributed by atoms with Crippen LogP contribution >= 0.6 is 11.8 Å². The minimum absolute atomic E-state index is 0.0514. The number of aryl methyl sites for hydroxylation is 1. The van der Waals surface area contributed by atoms with Gasteiger partial charge in [0.25, 0.3) is 5.24 Å². The molecule has 3 rings (SSSR count). The fraction of sp³-hybridized carbons (Fsp3) is 0.640. The smallest absolute Gasteiger partial charge is 0.410 e. The number of ether oxygens (including phenoxy) is 2. The molecular weight excluding hydrogens is 454 g/mol. The molecular formula is C25H37N3O5S. The lowest BCUT2D eigenvalue weighted by Gasteiger charge is -2.21. The van der Waals surface area contributed by atoms with Crippen LogP contribution in [0.25, 0.3) is 0 Å². The molecule has 3 amide bonds. The van der Waals surface area contributed by atoms with E-state index in [-0.39, 0.29) is 34.6 Å². The van der Waals surface area contributed by atoms with Gasteiger partial charge in [0.15, 0.2) is 0 Å². The van der Waals surface area contributed by atoms with Gasteiger partial charge in [0, 0.05) is 29.8 Å². The van der Waals surface area contributed by atoms with E-state index in [0.717, 1.165) is 47.0 Å². The van der Waals surface area contributed by atoms with Crippen molar-refractivity contribution in [3.05, 3.63) is 28.8 Å². The zero-order chi connectivity index (χ0) is 24.9. The first-order valence-corrected chi connectivity index (χ1v) is 12.8. The predicted molar refractivity (Wildman–Crippen MR) is 133 cm³/mol. The van der Waals surface area contributed by atoms with E-state index in [1.807, 2.05) is 39.8 Å². The van der Waals surface area contributed by atoms with Crippen molar-refractivity contribution in [3.8, 4) is 5.75 Å². The molecule has 2 aliphatic heterocycles. The van der Waals surface area contributed by atoms with Gasteiger partial charge in [-0.2, -0.15) is 0 Å². The zero-order valence-electron chi connectivity index (χ0n) is 20.9. The maximum atomic E-state index is 12.9. The normalized spacial score (nSPS) is 17.5. The summed E-state index contributed by atoms with van der Waals surface area (Å²) in [6, 6.07) is 4.08. The van der Waals surface area contributed by atoms with Crippen LogP contribution in [-0.4, -0.2) is 64.1 Å². The van der Waals surface area contributed by atoms with Crippen LogP contribution in [-0.2, 0) is 22.6 Å². The SMILES string of the molecule is CCCCOc1c(C)ccc2c1CN(C(=O)OC1CCN(C(=O)CNC(=O)SC(C)(C)C)C1)C2. The van der Waals surface area contributed by atoms with Crippen LogP contribution in [0.5, 0.6) is 5.75 Å². The van der Waals surface area contributed by atoms with E-state index in [0.29, 0.717) is 39.2 Å². The Bertz CT molecular complexity index is 915. The minimum Gasteiger partial charge on any atom is -0.493 e. The molecule has 8 nitrogen and oxygen atoms in total. The van der Waals surface area contributed by atoms with Crippen LogP contribution < -0.4 is 10.1 Å². The second-order valence-electron chi connectivity index (χ2n) is 9.90. The quantitative estimate of drug-likeness (QED) is 0.566. The highest BCUT2D eigenvalue weighted by atomic mass is 32.2. The first-order valence-electron chi connectivity index (χ1n) is 12.0. The van der Waals surface area contributed by atoms with Gasteiger partial charge in [-0.25, -0.2) is 4.79 Å². The summed E-state index contributed by atoms with van der Waals surface area (Å²) in [6.45, 7) is 12.4. The lowest BCUT2D eigenvalue weighted by atomic mass is 10.1. The van der Waals surface area contributed by atoms with Crippen molar-refractivity contribution in [2.24, 2.45) is 0 Å². The Kier molecular flexibility index (Phi) is 8.73. The molecule has 0 radical (unpaired) electrons. The van der Waals surface area contributed by atoms with Gasteiger partial charge < -0.3 is 19.7 Å². The number of likely N-dealkylation sites (tertiary alicyclic amines) is 1. The lowest BCUT2D eigenvalue weighted by Crippen LogP contribution is -2.39. The molecule has 188 valence electrons. The summed E-state index contributed by atoms with van der Waals surface area (Å²) in [7, 11) is 0. The number of carbonyl (C=O) groups excluding carboxylic acids is 3. The average molecular weight is 492 g/mol. The maximum Gasteiger partial charge on any atom is 0.410 e. The molecule has 0 saturated carbocycles. The number of hydrogen-bond donors (Lipinski definition) is 1. The number of benzene rings is 1. The highest BCUT2D eigenvalue weighted by Gasteiger charge is 2.33. The Morgan fingerprint density at radius 2 is 1.94 bits per heavy atom. The number of amides is 3. The summed E-state index contributed by atoms with van der Waals surface area (Å²) in [4.78, 5) is 40.6. The molecule has 0 spiro atoms. The van der Waals surface area contributed by atoms with Crippen LogP contribution in [0.1, 0.15) is 63.6 Å². The molecule has 1 aromatic rings. The number of thioether (sulfide) groups is 1. The first kappa shape index (κ1) is 26.2. The van der Waals surface area contributed by atoms with Crippen LogP contribution in [0.3, 0.4) is 0 Å². The fourth-order valence-electron chi connectivity index (χ4n) is 4.05. The van der Waals surface area contributed by atoms with E-state index < -0.39 is 0 Å². The van der Waals surface area contributed by atoms with Crippen molar-refractivity contribution in [1.29, 1.82) is 0 Å². The number of rotatable bonds is 7. The second kappa shape index (κ2) is 11.3. The van der Waals surface area contributed by atoms with Gasteiger partial charge >= 0.3 is 6.09 Å². The van der Waals surface area contributed by atoms with Crippen LogP contribution in [0.4, 0.5) is 9.59 Å². The van der Waals surface area contributed by atoms with Gasteiger partial charge in [-0.3, -0.25) is 14.5 Å². The highest BCUT2D eigenvalue weighted by molar-refractivity contribution is 8.14. The molecule has 1 atom stereocenters. The van der Waals surface area contributed by atoms with Gasteiger partial charge in [-0.1, -0.05) is 58.0 Å². The summed E-state index contributed by atoms with van der Waals surface area (Å²) < 4.78 is 11.5. The van der Waals surface area contributed by atoms with Crippen molar-refractivity contribution in [1.82, 2.24) is 15.1 Å². The molecule has 1 N–H and O–H groups in total. The molecule has 1 fully saturated rings. The van der Waals surface area contributed by atoms with E-state index >= 15 is 0 Å². The van der Waals surface area contributed by atoms with Crippen molar-refractivity contribution in [3.63, 3.8) is 0 Å². The maximum absolute atomic E-state index is 12.9. The third kappa shape index (κ3) is 7.04. The zero-order valence-corrected chi connectivity index (χ0v) is 21.8. The minimum atomic E-state index is -0.373. The Balaban J connectivity index is 1.48. The second-order valence-corrected chi connectivity index (χ2v) is 11.7. The molecule has 34 heavy (non-hydrogen) atoms. The molecule has 1 aromatic carbocycles. The van der Waals surface area contributed by atoms with Crippen LogP contribution in [0.2, 0.25) is 0 Å². The van der Waals surface area contributed by atoms with E-state index in [2.05, 4.69) is 12.2 Å². The number of hydrogen-bond acceptors (Lipinski definition) is 6. The summed E-state index contributed by atoms with van der Waals surface area (Å²) in [6.07, 6.45) is 1.93. The number of nitrogens with one attached hydrogen (secondary N) is 1. The van der Waals surface area contributed by atoms with Crippen molar-refractivity contribution in [2.75, 3.05) is 26.2 Å². The van der Waals surface area contributed by atoms with Crippen molar-refractivity contribution < 1.29 is 23.9 Å². The number of carbonyl (C=O) groups is 3. The van der Waals surface area contributed by atoms with Crippen molar-refractivity contribution >= 4 is 29.0 Å². The van der Waals surface area contributed by atoms with E-state index in [4.69, 9.17) is 9.47 Å². The third-order valence-electron chi connectivity index (χ3n) is 5.82. The molecule has 9 heteroatoms. The largest absolute Gasteiger partial charge is 0.493 e. The standard InChI is InChI=1S/C25H37N3O5S/c1-6-7-12-32-22-17(2)8-9-18-14-28(16-20(18)22)24(31)33-19-10-11-27(15-19)21(29)13-26-23(30)34-25(3,4)5/h8-9,19H,6-7,10-16H2,1-5H3,(H,26,30). The van der Waals surface area contributed by atoms with E-state index in [1.54, 1.807) is 9.80 Å². The highest BCUT2D eigenvalue weighted by Crippen LogP contribution is 2.34. The lowest BCUT2D eigenvalue weighted by molar-refractivity contribution is -0.129. The number of unbranched alkanes of at least 4 members (excludes halogenated alkanes) is 1. The molecule has 2 aliphatic rings. The van der Waals surface area contributed by atoms with Gasteiger partial charge in [0.2, 0.25) is 5.91 Å². The van der Waals surface area contributed by atoms with E-state index in [9.17, 15) is 14.4 Å². The number of fused-ring (bicyclic) bond motifs is 1. The summed E-state index contributed by atoms with van der Waals surface area (Å²) in [5.41, 5.74) is 3.21. The Morgan fingerprint density at radius 3 is 2.65 bits per heavy atom. The summed E-state index contributed by atoms with van der Waals surface area (Å²) in [5, 5.41) is 2.44. The third-order valence-corrected chi connectivity index (χ3v) is 6.76. The van der Waals surface area contributed by atoms with Gasteiger partial charge in [-0.05, 0) is 24.5 Å². The molecule has 1 unspecified atom stereocenters. The van der Waals surface area contributed by atoms with E-state index in [1.165, 1.54) is 0 Å². The molecule has 0 aliphatic carbocycles. The number of nitrogens with zero attached hydrogens (tertiary/aromatic N) is 2. The molecule has 2 heterocycles. The van der Waals surface area contributed by atoms with Gasteiger partial charge in [0.1, 0.15) is 11.9 Å². The Hall–Kier alpha value is -2.42. The van der Waals surface area contributed by atoms with Gasteiger partial charge in [0.05, 0.1) is 26.2 Å². The van der Waals surface area contributed by atoms with Crippen LogP contribution in [0, 0.1) is 6.92 Å². The Morgan fingerprint density at radius 1 is 1.18 bits per heavy atom.